The minimum atomic E-state index is -2.22. The van der Waals surface area contributed by atoms with Crippen LogP contribution in [-0.4, -0.2) is 0 Å². The molecular weight excluding hydrogens is 410 g/mol. The van der Waals surface area contributed by atoms with Crippen molar-refractivity contribution < 1.29 is 22.0 Å². The number of halogens is 8. The third-order valence-corrected chi connectivity index (χ3v) is 5.53. The second kappa shape index (κ2) is 5.79. The molecule has 1 atom stereocenters. The maximum Gasteiger partial charge on any atom is 0.200 e. The van der Waals surface area contributed by atoms with Crippen LogP contribution in [0.1, 0.15) is 15.8 Å². The molecule has 0 saturated carbocycles. The van der Waals surface area contributed by atoms with Gasteiger partial charge in [-0.1, -0.05) is 11.6 Å². The smallest absolute Gasteiger partial charge is 0.200 e. The van der Waals surface area contributed by atoms with E-state index in [2.05, 4.69) is 15.9 Å². The van der Waals surface area contributed by atoms with Gasteiger partial charge in [0.05, 0.1) is 10.9 Å². The number of hydrogen-bond donors (Lipinski definition) is 0. The Labute approximate surface area is 132 Å². The van der Waals surface area contributed by atoms with Crippen molar-refractivity contribution in [1.82, 2.24) is 0 Å². The lowest BCUT2D eigenvalue weighted by atomic mass is 10.1. The molecule has 2 rings (SSSR count). The summed E-state index contributed by atoms with van der Waals surface area (Å²) in [4.78, 5) is 0.145. The van der Waals surface area contributed by atoms with E-state index in [1.54, 1.807) is 0 Å². The number of alkyl halides is 1. The molecule has 0 nitrogen and oxygen atoms in total. The van der Waals surface area contributed by atoms with Crippen LogP contribution in [0, 0.1) is 29.1 Å². The van der Waals surface area contributed by atoms with Crippen LogP contribution >= 0.6 is 50.5 Å². The molecule has 20 heavy (non-hydrogen) atoms. The van der Waals surface area contributed by atoms with E-state index in [-0.39, 0.29) is 9.21 Å². The van der Waals surface area contributed by atoms with Gasteiger partial charge >= 0.3 is 0 Å². The zero-order valence-electron chi connectivity index (χ0n) is 9.09. The van der Waals surface area contributed by atoms with Gasteiger partial charge in [0.15, 0.2) is 23.3 Å². The largest absolute Gasteiger partial charge is 0.203 e. The van der Waals surface area contributed by atoms with E-state index in [1.807, 2.05) is 0 Å². The topological polar surface area (TPSA) is 0 Å². The fraction of sp³-hybridized carbons (Fsp3) is 0.0909. The summed E-state index contributed by atoms with van der Waals surface area (Å²) in [7, 11) is 0. The number of hydrogen-bond acceptors (Lipinski definition) is 1. The summed E-state index contributed by atoms with van der Waals surface area (Å²) >= 11 is 15.5. The van der Waals surface area contributed by atoms with Gasteiger partial charge in [-0.15, -0.1) is 22.9 Å². The summed E-state index contributed by atoms with van der Waals surface area (Å²) in [5, 5.41) is -1.55. The lowest BCUT2D eigenvalue weighted by molar-refractivity contribution is 0.371. The average molecular weight is 412 g/mol. The van der Waals surface area contributed by atoms with E-state index >= 15 is 0 Å². The molecule has 0 saturated heterocycles. The Morgan fingerprint density at radius 2 is 1.40 bits per heavy atom. The first-order chi connectivity index (χ1) is 9.25. The van der Waals surface area contributed by atoms with E-state index < -0.39 is 40.0 Å². The molecule has 0 fully saturated rings. The molecule has 2 aromatic rings. The molecule has 0 radical (unpaired) electrons. The quantitative estimate of drug-likeness (QED) is 0.239. The molecule has 1 aromatic carbocycles. The van der Waals surface area contributed by atoms with Gasteiger partial charge in [-0.3, -0.25) is 0 Å². The summed E-state index contributed by atoms with van der Waals surface area (Å²) in [6.07, 6.45) is 0. The first-order valence-electron chi connectivity index (χ1n) is 4.85. The van der Waals surface area contributed by atoms with Crippen LogP contribution in [-0.2, 0) is 0 Å². The Kier molecular flexibility index (Phi) is 4.63. The van der Waals surface area contributed by atoms with Crippen LogP contribution in [0.2, 0.25) is 4.34 Å². The Morgan fingerprint density at radius 1 is 0.950 bits per heavy atom. The van der Waals surface area contributed by atoms with Crippen molar-refractivity contribution in [3.8, 4) is 0 Å². The van der Waals surface area contributed by atoms with Crippen molar-refractivity contribution in [2.24, 2.45) is 0 Å². The third kappa shape index (κ3) is 2.56. The summed E-state index contributed by atoms with van der Waals surface area (Å²) in [6, 6.07) is 1.35. The van der Waals surface area contributed by atoms with Gasteiger partial charge in [-0.05, 0) is 22.0 Å². The number of thiophene rings is 1. The van der Waals surface area contributed by atoms with Crippen molar-refractivity contribution in [3.05, 3.63) is 54.4 Å². The molecule has 1 heterocycles. The van der Waals surface area contributed by atoms with Crippen LogP contribution in [0.5, 0.6) is 0 Å². The van der Waals surface area contributed by atoms with Gasteiger partial charge in [0.1, 0.15) is 4.34 Å². The van der Waals surface area contributed by atoms with Crippen LogP contribution in [0.4, 0.5) is 22.0 Å². The van der Waals surface area contributed by atoms with Gasteiger partial charge in [0, 0.05) is 9.35 Å². The highest BCUT2D eigenvalue weighted by Crippen LogP contribution is 2.42. The molecule has 0 spiro atoms. The Morgan fingerprint density at radius 3 is 1.80 bits per heavy atom. The van der Waals surface area contributed by atoms with Crippen LogP contribution in [0.3, 0.4) is 0 Å². The predicted octanol–water partition coefficient (Wildman–Crippen LogP) is 6.19. The van der Waals surface area contributed by atoms with E-state index in [4.69, 9.17) is 23.2 Å². The maximum absolute atomic E-state index is 13.6. The van der Waals surface area contributed by atoms with E-state index in [9.17, 15) is 22.0 Å². The summed E-state index contributed by atoms with van der Waals surface area (Å²) < 4.78 is 67.0. The van der Waals surface area contributed by atoms with Crippen molar-refractivity contribution in [3.63, 3.8) is 0 Å². The van der Waals surface area contributed by atoms with Gasteiger partial charge in [-0.2, -0.15) is 0 Å². The van der Waals surface area contributed by atoms with Crippen molar-refractivity contribution in [2.75, 3.05) is 0 Å². The highest BCUT2D eigenvalue weighted by molar-refractivity contribution is 9.10. The molecule has 0 bridgehead atoms. The first-order valence-corrected chi connectivity index (χ1v) is 7.28. The van der Waals surface area contributed by atoms with E-state index in [0.29, 0.717) is 4.47 Å². The fourth-order valence-electron chi connectivity index (χ4n) is 1.47. The van der Waals surface area contributed by atoms with Gasteiger partial charge in [0.2, 0.25) is 5.82 Å². The van der Waals surface area contributed by atoms with E-state index in [1.165, 1.54) is 6.07 Å². The molecule has 0 amide bonds. The normalized spacial score (nSPS) is 12.8. The molecule has 9 heteroatoms. The highest BCUT2D eigenvalue weighted by Gasteiger charge is 2.31. The van der Waals surface area contributed by atoms with Crippen LogP contribution in [0.15, 0.2) is 10.5 Å². The Balaban J connectivity index is 2.63. The Bertz CT molecular complexity index is 639. The standard InChI is InChI=1S/C11H2BrCl2F5S/c12-2-1-3(20-11(2)14)5(13)4-6(15)8(17)10(19)9(18)7(4)16/h1,5H. The molecule has 1 unspecified atom stereocenters. The van der Waals surface area contributed by atoms with Crippen LogP contribution in [0.25, 0.3) is 0 Å². The van der Waals surface area contributed by atoms with E-state index in [0.717, 1.165) is 11.3 Å². The molecule has 0 aliphatic heterocycles. The zero-order valence-corrected chi connectivity index (χ0v) is 13.0. The van der Waals surface area contributed by atoms with Crippen molar-refractivity contribution in [2.45, 2.75) is 5.38 Å². The second-order valence-electron chi connectivity index (χ2n) is 3.62. The summed E-state index contributed by atoms with van der Waals surface area (Å²) in [5.41, 5.74) is -1.10. The molecule has 108 valence electrons. The predicted molar refractivity (Wildman–Crippen MR) is 71.0 cm³/mol. The SMILES string of the molecule is Fc1c(F)c(F)c(C(Cl)c2cc(Br)c(Cl)s2)c(F)c1F. The average Bonchev–Trinajstić information content (AvgIpc) is 2.74. The number of benzene rings is 1. The zero-order chi connectivity index (χ0) is 15.2. The lowest BCUT2D eigenvalue weighted by Gasteiger charge is -2.12. The molecule has 0 N–H and O–H groups in total. The van der Waals surface area contributed by atoms with Gasteiger partial charge in [-0.25, -0.2) is 22.0 Å². The maximum atomic E-state index is 13.6. The molecular formula is C11H2BrCl2F5S. The molecule has 1 aromatic heterocycles. The fourth-order valence-corrected chi connectivity index (χ4v) is 3.59. The van der Waals surface area contributed by atoms with Crippen LogP contribution < -0.4 is 0 Å². The van der Waals surface area contributed by atoms with Gasteiger partial charge in [0.25, 0.3) is 0 Å². The minimum Gasteiger partial charge on any atom is -0.203 e. The van der Waals surface area contributed by atoms with Gasteiger partial charge < -0.3 is 0 Å². The second-order valence-corrected chi connectivity index (χ2v) is 6.59. The first kappa shape index (κ1) is 16.0. The highest BCUT2D eigenvalue weighted by atomic mass is 79.9. The monoisotopic (exact) mass is 410 g/mol. The molecule has 0 aliphatic carbocycles. The summed E-state index contributed by atoms with van der Waals surface area (Å²) in [5.74, 6) is -10.2. The van der Waals surface area contributed by atoms with Crippen molar-refractivity contribution >= 4 is 50.5 Å². The summed E-state index contributed by atoms with van der Waals surface area (Å²) in [6.45, 7) is 0. The molecule has 0 aliphatic rings. The third-order valence-electron chi connectivity index (χ3n) is 2.41. The minimum absolute atomic E-state index is 0.145. The number of rotatable bonds is 2. The Hall–Kier alpha value is -0.370. The lowest BCUT2D eigenvalue weighted by Crippen LogP contribution is -2.09. The van der Waals surface area contributed by atoms with Crippen molar-refractivity contribution in [1.29, 1.82) is 0 Å².